The predicted octanol–water partition coefficient (Wildman–Crippen LogP) is 1.98. The third-order valence-corrected chi connectivity index (χ3v) is 2.70. The van der Waals surface area contributed by atoms with E-state index in [1.165, 1.54) is 0 Å². The van der Waals surface area contributed by atoms with Gasteiger partial charge in [0.05, 0.1) is 0 Å². The molecule has 0 saturated heterocycles. The maximum atomic E-state index is 10.4. The van der Waals surface area contributed by atoms with Gasteiger partial charge in [-0.1, -0.05) is 6.07 Å². The summed E-state index contributed by atoms with van der Waals surface area (Å²) in [6.45, 7) is 0. The van der Waals surface area contributed by atoms with Crippen molar-refractivity contribution in [3.63, 3.8) is 0 Å². The lowest BCUT2D eigenvalue weighted by atomic mass is 10.0. The van der Waals surface area contributed by atoms with Crippen LogP contribution >= 0.6 is 0 Å². The second-order valence-electron chi connectivity index (χ2n) is 3.66. The van der Waals surface area contributed by atoms with E-state index in [1.807, 2.05) is 0 Å². The first-order chi connectivity index (χ1) is 7.18. The van der Waals surface area contributed by atoms with E-state index in [4.69, 9.17) is 5.11 Å². The molecule has 78 valence electrons. The number of carboxylic acids is 1. The van der Waals surface area contributed by atoms with E-state index in [2.05, 4.69) is 0 Å². The van der Waals surface area contributed by atoms with Crippen LogP contribution in [0, 0.1) is 0 Å². The standard InChI is InChI=1S/C12H12O3/c13-11-6-4-8(5-7-12(14)15)9-2-1-3-10(9)11/h4-7,13H,1-3H2,(H,14,15)/b7-5+. The fourth-order valence-electron chi connectivity index (χ4n) is 2.03. The minimum atomic E-state index is -0.949. The van der Waals surface area contributed by atoms with Crippen molar-refractivity contribution in [3.05, 3.63) is 34.9 Å². The fraction of sp³-hybridized carbons (Fsp3) is 0.250. The van der Waals surface area contributed by atoms with Gasteiger partial charge in [0.1, 0.15) is 5.75 Å². The van der Waals surface area contributed by atoms with Crippen LogP contribution in [0.2, 0.25) is 0 Å². The van der Waals surface area contributed by atoms with Crippen LogP contribution in [0.15, 0.2) is 18.2 Å². The SMILES string of the molecule is O=C(O)/C=C/c1ccc(O)c2c1CCC2. The van der Waals surface area contributed by atoms with Crippen LogP contribution in [0.3, 0.4) is 0 Å². The largest absolute Gasteiger partial charge is 0.508 e. The lowest BCUT2D eigenvalue weighted by molar-refractivity contribution is -0.131. The molecule has 0 atom stereocenters. The van der Waals surface area contributed by atoms with Gasteiger partial charge in [0.25, 0.3) is 0 Å². The third-order valence-electron chi connectivity index (χ3n) is 2.70. The average molecular weight is 204 g/mol. The number of aromatic hydroxyl groups is 1. The Bertz CT molecular complexity index is 433. The highest BCUT2D eigenvalue weighted by atomic mass is 16.4. The predicted molar refractivity (Wildman–Crippen MR) is 56.8 cm³/mol. The van der Waals surface area contributed by atoms with Crippen molar-refractivity contribution in [2.45, 2.75) is 19.3 Å². The summed E-state index contributed by atoms with van der Waals surface area (Å²) in [5.41, 5.74) is 2.97. The van der Waals surface area contributed by atoms with Crippen molar-refractivity contribution in [1.82, 2.24) is 0 Å². The molecule has 2 rings (SSSR count). The molecule has 1 aliphatic carbocycles. The minimum Gasteiger partial charge on any atom is -0.508 e. The van der Waals surface area contributed by atoms with Gasteiger partial charge in [-0.05, 0) is 48.1 Å². The molecule has 0 aliphatic heterocycles. The number of aliphatic carboxylic acids is 1. The molecule has 0 radical (unpaired) electrons. The maximum absolute atomic E-state index is 10.4. The molecule has 0 aromatic heterocycles. The van der Waals surface area contributed by atoms with Crippen LogP contribution in [0.1, 0.15) is 23.1 Å². The zero-order chi connectivity index (χ0) is 10.8. The summed E-state index contributed by atoms with van der Waals surface area (Å²) in [5, 5.41) is 18.1. The van der Waals surface area contributed by atoms with Gasteiger partial charge in [-0.25, -0.2) is 4.79 Å². The molecule has 3 nitrogen and oxygen atoms in total. The quantitative estimate of drug-likeness (QED) is 0.724. The normalized spacial score (nSPS) is 14.4. The van der Waals surface area contributed by atoms with E-state index >= 15 is 0 Å². The van der Waals surface area contributed by atoms with Crippen LogP contribution in [-0.2, 0) is 17.6 Å². The molecule has 0 saturated carbocycles. The molecule has 0 fully saturated rings. The molecule has 2 N–H and O–H groups in total. The Balaban J connectivity index is 2.42. The van der Waals surface area contributed by atoms with Crippen LogP contribution in [0.4, 0.5) is 0 Å². The highest BCUT2D eigenvalue weighted by molar-refractivity contribution is 5.85. The topological polar surface area (TPSA) is 57.5 Å². The van der Waals surface area contributed by atoms with Gasteiger partial charge < -0.3 is 10.2 Å². The van der Waals surface area contributed by atoms with Gasteiger partial charge in [0.15, 0.2) is 0 Å². The maximum Gasteiger partial charge on any atom is 0.328 e. The molecule has 0 amide bonds. The van der Waals surface area contributed by atoms with E-state index in [0.717, 1.165) is 42.0 Å². The lowest BCUT2D eigenvalue weighted by Gasteiger charge is -2.05. The van der Waals surface area contributed by atoms with Gasteiger partial charge in [-0.2, -0.15) is 0 Å². The van der Waals surface area contributed by atoms with Crippen molar-refractivity contribution in [2.24, 2.45) is 0 Å². The van der Waals surface area contributed by atoms with E-state index in [0.29, 0.717) is 5.75 Å². The number of benzene rings is 1. The number of carbonyl (C=O) groups is 1. The van der Waals surface area contributed by atoms with Crippen molar-refractivity contribution in [1.29, 1.82) is 0 Å². The minimum absolute atomic E-state index is 0.329. The molecule has 1 aliphatic rings. The molecule has 0 spiro atoms. The molecule has 0 bridgehead atoms. The Labute approximate surface area is 87.7 Å². The van der Waals surface area contributed by atoms with Crippen LogP contribution in [0.25, 0.3) is 6.08 Å². The third kappa shape index (κ3) is 1.86. The van der Waals surface area contributed by atoms with Gasteiger partial charge >= 0.3 is 5.97 Å². The Morgan fingerprint density at radius 3 is 2.73 bits per heavy atom. The smallest absolute Gasteiger partial charge is 0.328 e. The number of hydrogen-bond acceptors (Lipinski definition) is 2. The Morgan fingerprint density at radius 1 is 1.27 bits per heavy atom. The van der Waals surface area contributed by atoms with Crippen molar-refractivity contribution < 1.29 is 15.0 Å². The molecule has 1 aromatic rings. The van der Waals surface area contributed by atoms with Gasteiger partial charge in [0, 0.05) is 6.08 Å². The first kappa shape index (κ1) is 9.77. The molecule has 0 unspecified atom stereocenters. The first-order valence-corrected chi connectivity index (χ1v) is 4.93. The Morgan fingerprint density at radius 2 is 2.00 bits per heavy atom. The van der Waals surface area contributed by atoms with Crippen molar-refractivity contribution in [3.8, 4) is 5.75 Å². The van der Waals surface area contributed by atoms with Crippen molar-refractivity contribution in [2.75, 3.05) is 0 Å². The second kappa shape index (κ2) is 3.77. The van der Waals surface area contributed by atoms with Crippen LogP contribution in [0.5, 0.6) is 5.75 Å². The van der Waals surface area contributed by atoms with E-state index in [1.54, 1.807) is 18.2 Å². The Hall–Kier alpha value is -1.77. The van der Waals surface area contributed by atoms with Gasteiger partial charge in [0.2, 0.25) is 0 Å². The molecule has 0 heterocycles. The molecule has 15 heavy (non-hydrogen) atoms. The second-order valence-corrected chi connectivity index (χ2v) is 3.66. The molecule has 3 heteroatoms. The molecular formula is C12H12O3. The lowest BCUT2D eigenvalue weighted by Crippen LogP contribution is -1.90. The summed E-state index contributed by atoms with van der Waals surface area (Å²) in [7, 11) is 0. The number of phenols is 1. The van der Waals surface area contributed by atoms with Crippen LogP contribution in [-0.4, -0.2) is 16.2 Å². The number of hydrogen-bond donors (Lipinski definition) is 2. The Kier molecular flexibility index (Phi) is 2.46. The van der Waals surface area contributed by atoms with Gasteiger partial charge in [-0.15, -0.1) is 0 Å². The summed E-state index contributed by atoms with van der Waals surface area (Å²) >= 11 is 0. The summed E-state index contributed by atoms with van der Waals surface area (Å²) in [4.78, 5) is 10.4. The highest BCUT2D eigenvalue weighted by Gasteiger charge is 2.16. The van der Waals surface area contributed by atoms with E-state index in [9.17, 15) is 9.90 Å². The molecule has 1 aromatic carbocycles. The summed E-state index contributed by atoms with van der Waals surface area (Å²) in [6.07, 6.45) is 5.55. The number of phenolic OH excluding ortho intramolecular Hbond substituents is 1. The van der Waals surface area contributed by atoms with Crippen LogP contribution < -0.4 is 0 Å². The average Bonchev–Trinajstić information content (AvgIpc) is 2.66. The number of carboxylic acid groups (broad SMARTS) is 1. The zero-order valence-corrected chi connectivity index (χ0v) is 8.23. The summed E-state index contributed by atoms with van der Waals surface area (Å²) in [6, 6.07) is 3.39. The fourth-order valence-corrected chi connectivity index (χ4v) is 2.03. The number of fused-ring (bicyclic) bond motifs is 1. The molecular weight excluding hydrogens is 192 g/mol. The van der Waals surface area contributed by atoms with E-state index < -0.39 is 5.97 Å². The van der Waals surface area contributed by atoms with Crippen molar-refractivity contribution >= 4 is 12.0 Å². The zero-order valence-electron chi connectivity index (χ0n) is 8.23. The monoisotopic (exact) mass is 204 g/mol. The first-order valence-electron chi connectivity index (χ1n) is 4.93. The highest BCUT2D eigenvalue weighted by Crippen LogP contribution is 2.32. The van der Waals surface area contributed by atoms with Gasteiger partial charge in [-0.3, -0.25) is 0 Å². The van der Waals surface area contributed by atoms with E-state index in [-0.39, 0.29) is 0 Å². The number of rotatable bonds is 2. The summed E-state index contributed by atoms with van der Waals surface area (Å²) < 4.78 is 0. The summed E-state index contributed by atoms with van der Waals surface area (Å²) in [5.74, 6) is -0.621.